The van der Waals surface area contributed by atoms with Gasteiger partial charge in [0.2, 0.25) is 0 Å². The predicted molar refractivity (Wildman–Crippen MR) is 64.5 cm³/mol. The van der Waals surface area contributed by atoms with Crippen molar-refractivity contribution in [2.45, 2.75) is 12.2 Å². The summed E-state index contributed by atoms with van der Waals surface area (Å²) in [4.78, 5) is 23.2. The van der Waals surface area contributed by atoms with E-state index in [-0.39, 0.29) is 5.56 Å². The molecule has 0 saturated heterocycles. The summed E-state index contributed by atoms with van der Waals surface area (Å²) in [5.41, 5.74) is 0.187. The zero-order valence-corrected chi connectivity index (χ0v) is 10.2. The van der Waals surface area contributed by atoms with Gasteiger partial charge in [-0.3, -0.25) is 0 Å². The van der Waals surface area contributed by atoms with Gasteiger partial charge in [0.05, 0.1) is 12.2 Å². The Balaban J connectivity index is 2.18. The van der Waals surface area contributed by atoms with Crippen molar-refractivity contribution in [1.82, 2.24) is 0 Å². The van der Waals surface area contributed by atoms with Crippen molar-refractivity contribution < 1.29 is 34.4 Å². The third-order valence-electron chi connectivity index (χ3n) is 2.66. The molecule has 7 nitrogen and oxygen atoms in total. The molecule has 20 heavy (non-hydrogen) atoms. The Morgan fingerprint density at radius 2 is 2.00 bits per heavy atom. The number of rotatable bonds is 4. The van der Waals surface area contributed by atoms with Gasteiger partial charge in [-0.25, -0.2) is 9.59 Å². The SMILES string of the molecule is O=C1O[C@H]([C@@H](O)CO)C(O)=C1OC(=O)c1ccccc1. The molecule has 0 radical (unpaired) electrons. The van der Waals surface area contributed by atoms with E-state index in [4.69, 9.17) is 9.84 Å². The lowest BCUT2D eigenvalue weighted by Gasteiger charge is -2.13. The number of carbonyl (C=O) groups is 2. The number of hydrogen-bond acceptors (Lipinski definition) is 7. The Morgan fingerprint density at radius 1 is 1.35 bits per heavy atom. The van der Waals surface area contributed by atoms with Crippen LogP contribution in [0.4, 0.5) is 0 Å². The first kappa shape index (κ1) is 14.0. The maximum Gasteiger partial charge on any atom is 0.378 e. The van der Waals surface area contributed by atoms with Crippen molar-refractivity contribution in [3.63, 3.8) is 0 Å². The third-order valence-corrected chi connectivity index (χ3v) is 2.66. The molecule has 1 aromatic carbocycles. The van der Waals surface area contributed by atoms with E-state index < -0.39 is 42.3 Å². The lowest BCUT2D eigenvalue weighted by molar-refractivity contribution is -0.147. The smallest absolute Gasteiger partial charge is 0.378 e. The second kappa shape index (κ2) is 5.72. The van der Waals surface area contributed by atoms with Gasteiger partial charge < -0.3 is 24.8 Å². The predicted octanol–water partition coefficient (Wildman–Crippen LogP) is -0.108. The van der Waals surface area contributed by atoms with Crippen LogP contribution in [0.5, 0.6) is 0 Å². The Labute approximate surface area is 113 Å². The minimum atomic E-state index is -1.49. The molecular formula is C13H12O7. The third kappa shape index (κ3) is 2.63. The number of ether oxygens (including phenoxy) is 2. The van der Waals surface area contributed by atoms with E-state index in [2.05, 4.69) is 4.74 Å². The van der Waals surface area contributed by atoms with Gasteiger partial charge in [0.1, 0.15) is 6.10 Å². The number of cyclic esters (lactones) is 1. The van der Waals surface area contributed by atoms with Gasteiger partial charge in [-0.2, -0.15) is 0 Å². The fourth-order valence-electron chi connectivity index (χ4n) is 1.63. The van der Waals surface area contributed by atoms with Gasteiger partial charge in [0.15, 0.2) is 11.9 Å². The fraction of sp³-hybridized carbons (Fsp3) is 0.231. The molecule has 1 aliphatic rings. The van der Waals surface area contributed by atoms with Gasteiger partial charge in [0.25, 0.3) is 5.76 Å². The maximum atomic E-state index is 11.8. The molecule has 0 bridgehead atoms. The summed E-state index contributed by atoms with van der Waals surface area (Å²) in [7, 11) is 0. The first-order valence-electron chi connectivity index (χ1n) is 5.75. The van der Waals surface area contributed by atoms with Gasteiger partial charge in [0, 0.05) is 0 Å². The largest absolute Gasteiger partial charge is 0.505 e. The van der Waals surface area contributed by atoms with Crippen LogP contribution < -0.4 is 0 Å². The molecule has 1 heterocycles. The lowest BCUT2D eigenvalue weighted by atomic mass is 10.2. The van der Waals surface area contributed by atoms with Crippen LogP contribution in [0.2, 0.25) is 0 Å². The van der Waals surface area contributed by atoms with Crippen molar-refractivity contribution >= 4 is 11.9 Å². The van der Waals surface area contributed by atoms with Crippen LogP contribution in [0.15, 0.2) is 41.9 Å². The molecule has 0 spiro atoms. The standard InChI is InChI=1S/C13H12O7/c14-6-8(15)10-9(16)11(13(18)19-10)20-12(17)7-4-2-1-3-5-7/h1-5,8,10,14-16H,6H2/t8-,10+/m0/s1. The summed E-state index contributed by atoms with van der Waals surface area (Å²) in [6, 6.07) is 7.86. The molecule has 3 N–H and O–H groups in total. The lowest BCUT2D eigenvalue weighted by Crippen LogP contribution is -2.31. The molecule has 0 aliphatic carbocycles. The molecule has 2 rings (SSSR count). The number of benzene rings is 1. The number of aliphatic hydroxyl groups is 3. The summed E-state index contributed by atoms with van der Waals surface area (Å²) >= 11 is 0. The summed E-state index contributed by atoms with van der Waals surface area (Å²) in [6.45, 7) is -0.720. The molecule has 0 amide bonds. The second-order valence-corrected chi connectivity index (χ2v) is 4.05. The summed E-state index contributed by atoms with van der Waals surface area (Å²) in [5, 5.41) is 27.8. The van der Waals surface area contributed by atoms with Crippen LogP contribution >= 0.6 is 0 Å². The minimum absolute atomic E-state index is 0.187. The van der Waals surface area contributed by atoms with Crippen molar-refractivity contribution in [3.05, 3.63) is 47.4 Å². The normalized spacial score (nSPS) is 19.7. The number of esters is 2. The topological polar surface area (TPSA) is 113 Å². The molecule has 0 aromatic heterocycles. The van der Waals surface area contributed by atoms with E-state index in [0.717, 1.165) is 0 Å². The van der Waals surface area contributed by atoms with Crippen LogP contribution in [0.1, 0.15) is 10.4 Å². The minimum Gasteiger partial charge on any atom is -0.505 e. The molecule has 106 valence electrons. The highest BCUT2D eigenvalue weighted by Crippen LogP contribution is 2.24. The molecule has 7 heteroatoms. The van der Waals surface area contributed by atoms with E-state index >= 15 is 0 Å². The Hall–Kier alpha value is -2.38. The quantitative estimate of drug-likeness (QED) is 0.659. The first-order valence-corrected chi connectivity index (χ1v) is 5.75. The van der Waals surface area contributed by atoms with Crippen LogP contribution in [-0.2, 0) is 14.3 Å². The van der Waals surface area contributed by atoms with Crippen molar-refractivity contribution in [3.8, 4) is 0 Å². The van der Waals surface area contributed by atoms with Gasteiger partial charge >= 0.3 is 11.9 Å². The van der Waals surface area contributed by atoms with E-state index in [0.29, 0.717) is 0 Å². The molecule has 0 fully saturated rings. The molecular weight excluding hydrogens is 268 g/mol. The van der Waals surface area contributed by atoms with Crippen LogP contribution in [0.3, 0.4) is 0 Å². The van der Waals surface area contributed by atoms with E-state index in [9.17, 15) is 19.8 Å². The summed E-state index contributed by atoms with van der Waals surface area (Å²) < 4.78 is 9.40. The summed E-state index contributed by atoms with van der Waals surface area (Å²) in [6.07, 6.45) is -2.93. The molecule has 2 atom stereocenters. The van der Waals surface area contributed by atoms with E-state index in [1.165, 1.54) is 12.1 Å². The Kier molecular flexibility index (Phi) is 4.02. The monoisotopic (exact) mass is 280 g/mol. The zero-order valence-electron chi connectivity index (χ0n) is 10.2. The van der Waals surface area contributed by atoms with Crippen molar-refractivity contribution in [1.29, 1.82) is 0 Å². The zero-order chi connectivity index (χ0) is 14.7. The summed E-state index contributed by atoms with van der Waals surface area (Å²) in [5.74, 6) is -3.33. The highest BCUT2D eigenvalue weighted by molar-refractivity contribution is 5.97. The molecule has 0 unspecified atom stereocenters. The molecule has 1 aliphatic heterocycles. The number of carbonyl (C=O) groups excluding carboxylic acids is 2. The van der Waals surface area contributed by atoms with Gasteiger partial charge in [-0.15, -0.1) is 0 Å². The average Bonchev–Trinajstić information content (AvgIpc) is 2.75. The Morgan fingerprint density at radius 3 is 2.60 bits per heavy atom. The average molecular weight is 280 g/mol. The van der Waals surface area contributed by atoms with Crippen LogP contribution in [0, 0.1) is 0 Å². The van der Waals surface area contributed by atoms with Gasteiger partial charge in [-0.1, -0.05) is 18.2 Å². The molecule has 1 aromatic rings. The van der Waals surface area contributed by atoms with Crippen molar-refractivity contribution in [2.24, 2.45) is 0 Å². The van der Waals surface area contributed by atoms with Crippen LogP contribution in [-0.4, -0.2) is 46.1 Å². The van der Waals surface area contributed by atoms with Crippen molar-refractivity contribution in [2.75, 3.05) is 6.61 Å². The molecule has 0 saturated carbocycles. The highest BCUT2D eigenvalue weighted by Gasteiger charge is 2.41. The van der Waals surface area contributed by atoms with Crippen LogP contribution in [0.25, 0.3) is 0 Å². The fourth-order valence-corrected chi connectivity index (χ4v) is 1.63. The van der Waals surface area contributed by atoms with E-state index in [1.807, 2.05) is 0 Å². The Bertz CT molecular complexity index is 549. The first-order chi connectivity index (χ1) is 9.54. The maximum absolute atomic E-state index is 11.8. The highest BCUT2D eigenvalue weighted by atomic mass is 16.6. The van der Waals surface area contributed by atoms with E-state index in [1.54, 1.807) is 18.2 Å². The van der Waals surface area contributed by atoms with Gasteiger partial charge in [-0.05, 0) is 12.1 Å². The number of aliphatic hydroxyl groups excluding tert-OH is 3. The second-order valence-electron chi connectivity index (χ2n) is 4.05. The number of hydrogen-bond donors (Lipinski definition) is 3.